The van der Waals surface area contributed by atoms with Gasteiger partial charge in [0.15, 0.2) is 0 Å². The smallest absolute Gasteiger partial charge is 0.240 e. The molecule has 3 nitrogen and oxygen atoms in total. The van der Waals surface area contributed by atoms with Crippen molar-refractivity contribution in [2.45, 2.75) is 52.6 Å². The summed E-state index contributed by atoms with van der Waals surface area (Å²) in [6, 6.07) is -0.000972. The van der Waals surface area contributed by atoms with Crippen molar-refractivity contribution in [1.82, 2.24) is 4.90 Å². The molecule has 1 aliphatic heterocycles. The molecule has 0 aromatic rings. The van der Waals surface area contributed by atoms with Crippen LogP contribution < -0.4 is 5.73 Å². The van der Waals surface area contributed by atoms with Gasteiger partial charge in [0.1, 0.15) is 0 Å². The third-order valence-corrected chi connectivity index (χ3v) is 3.04. The molecule has 1 saturated heterocycles. The second kappa shape index (κ2) is 3.89. The summed E-state index contributed by atoms with van der Waals surface area (Å²) in [7, 11) is 0. The maximum absolute atomic E-state index is 12.0. The Morgan fingerprint density at radius 2 is 2.07 bits per heavy atom. The molecule has 2 N–H and O–H groups in total. The van der Waals surface area contributed by atoms with E-state index < -0.39 is 0 Å². The number of carbonyl (C=O) groups is 1. The van der Waals surface area contributed by atoms with Crippen molar-refractivity contribution in [3.63, 3.8) is 0 Å². The first-order chi connectivity index (χ1) is 6.34. The van der Waals surface area contributed by atoms with Crippen LogP contribution in [0.1, 0.15) is 40.5 Å². The lowest BCUT2D eigenvalue weighted by molar-refractivity contribution is -0.135. The number of hydrogen-bond donors (Lipinski definition) is 1. The van der Waals surface area contributed by atoms with Crippen molar-refractivity contribution >= 4 is 5.91 Å². The Morgan fingerprint density at radius 3 is 2.43 bits per heavy atom. The average Bonchev–Trinajstić information content (AvgIpc) is 2.47. The van der Waals surface area contributed by atoms with Gasteiger partial charge in [0.25, 0.3) is 0 Å². The van der Waals surface area contributed by atoms with Crippen LogP contribution in [0.15, 0.2) is 0 Å². The van der Waals surface area contributed by atoms with E-state index in [0.717, 1.165) is 19.4 Å². The fraction of sp³-hybridized carbons (Fsp3) is 0.909. The number of rotatable bonds is 1. The van der Waals surface area contributed by atoms with Gasteiger partial charge in [0.2, 0.25) is 5.91 Å². The Morgan fingerprint density at radius 1 is 1.50 bits per heavy atom. The van der Waals surface area contributed by atoms with Crippen molar-refractivity contribution in [1.29, 1.82) is 0 Å². The fourth-order valence-electron chi connectivity index (χ4n) is 1.81. The molecular formula is C11H22N2O. The first-order valence-electron chi connectivity index (χ1n) is 5.40. The molecule has 0 bridgehead atoms. The van der Waals surface area contributed by atoms with Crippen LogP contribution in [0.4, 0.5) is 0 Å². The minimum atomic E-state index is -0.372. The van der Waals surface area contributed by atoms with Gasteiger partial charge in [-0.25, -0.2) is 0 Å². The summed E-state index contributed by atoms with van der Waals surface area (Å²) >= 11 is 0. The molecule has 0 aromatic carbocycles. The Balaban J connectivity index is 2.65. The van der Waals surface area contributed by atoms with Crippen LogP contribution in [0.2, 0.25) is 0 Å². The van der Waals surface area contributed by atoms with E-state index in [1.54, 1.807) is 0 Å². The van der Waals surface area contributed by atoms with Crippen molar-refractivity contribution < 1.29 is 4.79 Å². The lowest BCUT2D eigenvalue weighted by Gasteiger charge is -2.31. The topological polar surface area (TPSA) is 46.3 Å². The van der Waals surface area contributed by atoms with Gasteiger partial charge in [-0.05, 0) is 25.2 Å². The number of hydrogen-bond acceptors (Lipinski definition) is 2. The quantitative estimate of drug-likeness (QED) is 0.691. The first kappa shape index (κ1) is 11.5. The Hall–Kier alpha value is -0.570. The summed E-state index contributed by atoms with van der Waals surface area (Å²) in [6.45, 7) is 9.01. The molecule has 1 rings (SSSR count). The van der Waals surface area contributed by atoms with Crippen LogP contribution in [0, 0.1) is 5.41 Å². The zero-order valence-electron chi connectivity index (χ0n) is 9.71. The van der Waals surface area contributed by atoms with Gasteiger partial charge in [-0.2, -0.15) is 0 Å². The van der Waals surface area contributed by atoms with E-state index in [9.17, 15) is 4.79 Å². The van der Waals surface area contributed by atoms with Crippen LogP contribution in [-0.2, 0) is 4.79 Å². The highest BCUT2D eigenvalue weighted by Gasteiger charge is 2.34. The highest BCUT2D eigenvalue weighted by molar-refractivity contribution is 5.83. The van der Waals surface area contributed by atoms with E-state index in [-0.39, 0.29) is 17.4 Å². The van der Waals surface area contributed by atoms with Crippen LogP contribution in [0.3, 0.4) is 0 Å². The molecular weight excluding hydrogens is 176 g/mol. The molecule has 1 heterocycles. The van der Waals surface area contributed by atoms with Crippen molar-refractivity contribution in [3.05, 3.63) is 0 Å². The maximum atomic E-state index is 12.0. The molecule has 1 amide bonds. The highest BCUT2D eigenvalue weighted by Crippen LogP contribution is 2.23. The van der Waals surface area contributed by atoms with Gasteiger partial charge in [0, 0.05) is 12.6 Å². The van der Waals surface area contributed by atoms with Gasteiger partial charge in [-0.1, -0.05) is 20.8 Å². The summed E-state index contributed by atoms with van der Waals surface area (Å²) in [5, 5.41) is 0. The molecule has 1 aliphatic rings. The monoisotopic (exact) mass is 198 g/mol. The van der Waals surface area contributed by atoms with Crippen molar-refractivity contribution in [2.75, 3.05) is 6.54 Å². The summed E-state index contributed by atoms with van der Waals surface area (Å²) in [4.78, 5) is 13.9. The number of amides is 1. The van der Waals surface area contributed by atoms with Crippen LogP contribution >= 0.6 is 0 Å². The summed E-state index contributed by atoms with van der Waals surface area (Å²) in [5.74, 6) is 0.113. The molecule has 3 heteroatoms. The molecule has 2 atom stereocenters. The number of nitrogens with two attached hydrogens (primary N) is 1. The SMILES string of the molecule is C[C@@H]1CCCN1C(=O)C(N)C(C)(C)C. The van der Waals surface area contributed by atoms with E-state index >= 15 is 0 Å². The zero-order chi connectivity index (χ0) is 10.9. The lowest BCUT2D eigenvalue weighted by atomic mass is 9.86. The minimum Gasteiger partial charge on any atom is -0.339 e. The van der Waals surface area contributed by atoms with E-state index in [1.807, 2.05) is 25.7 Å². The number of nitrogens with zero attached hydrogens (tertiary/aromatic N) is 1. The number of likely N-dealkylation sites (tertiary alicyclic amines) is 1. The summed E-state index contributed by atoms with van der Waals surface area (Å²) < 4.78 is 0. The summed E-state index contributed by atoms with van der Waals surface area (Å²) in [6.07, 6.45) is 2.23. The van der Waals surface area contributed by atoms with Gasteiger partial charge in [-0.15, -0.1) is 0 Å². The molecule has 82 valence electrons. The Kier molecular flexibility index (Phi) is 3.20. The fourth-order valence-corrected chi connectivity index (χ4v) is 1.81. The van der Waals surface area contributed by atoms with Crippen molar-refractivity contribution in [3.8, 4) is 0 Å². The normalized spacial score (nSPS) is 25.2. The maximum Gasteiger partial charge on any atom is 0.240 e. The third-order valence-electron chi connectivity index (χ3n) is 3.04. The third kappa shape index (κ3) is 2.27. The molecule has 0 spiro atoms. The van der Waals surface area contributed by atoms with Gasteiger partial charge in [-0.3, -0.25) is 4.79 Å². The van der Waals surface area contributed by atoms with E-state index in [2.05, 4.69) is 6.92 Å². The highest BCUT2D eigenvalue weighted by atomic mass is 16.2. The predicted molar refractivity (Wildman–Crippen MR) is 57.8 cm³/mol. The van der Waals surface area contributed by atoms with Crippen molar-refractivity contribution in [2.24, 2.45) is 11.1 Å². The second-order valence-electron chi connectivity index (χ2n) is 5.37. The Labute approximate surface area is 86.6 Å². The van der Waals surface area contributed by atoms with E-state index in [4.69, 9.17) is 5.73 Å². The Bertz CT molecular complexity index is 216. The standard InChI is InChI=1S/C11H22N2O/c1-8-6-5-7-13(8)10(14)9(12)11(2,3)4/h8-9H,5-7,12H2,1-4H3/t8-,9?/m1/s1. The summed E-state index contributed by atoms with van der Waals surface area (Å²) in [5.41, 5.74) is 5.81. The average molecular weight is 198 g/mol. The minimum absolute atomic E-state index is 0.113. The predicted octanol–water partition coefficient (Wildman–Crippen LogP) is 1.37. The lowest BCUT2D eigenvalue weighted by Crippen LogP contribution is -2.51. The first-order valence-corrected chi connectivity index (χ1v) is 5.40. The van der Waals surface area contributed by atoms with Crippen LogP contribution in [0.5, 0.6) is 0 Å². The zero-order valence-corrected chi connectivity index (χ0v) is 9.71. The van der Waals surface area contributed by atoms with Gasteiger partial charge in [0.05, 0.1) is 6.04 Å². The van der Waals surface area contributed by atoms with Gasteiger partial charge >= 0.3 is 0 Å². The second-order valence-corrected chi connectivity index (χ2v) is 5.37. The molecule has 0 aliphatic carbocycles. The molecule has 1 unspecified atom stereocenters. The number of carbonyl (C=O) groups excluding carboxylic acids is 1. The van der Waals surface area contributed by atoms with Gasteiger partial charge < -0.3 is 10.6 Å². The molecule has 0 radical (unpaired) electrons. The molecule has 0 aromatic heterocycles. The van der Waals surface area contributed by atoms with E-state index in [1.165, 1.54) is 0 Å². The molecule has 1 fully saturated rings. The van der Waals surface area contributed by atoms with E-state index in [0.29, 0.717) is 6.04 Å². The molecule has 14 heavy (non-hydrogen) atoms. The van der Waals surface area contributed by atoms with Crippen LogP contribution in [0.25, 0.3) is 0 Å². The van der Waals surface area contributed by atoms with Crippen LogP contribution in [-0.4, -0.2) is 29.4 Å². The molecule has 0 saturated carbocycles. The largest absolute Gasteiger partial charge is 0.339 e.